The van der Waals surface area contributed by atoms with Gasteiger partial charge >= 0.3 is 0 Å². The zero-order chi connectivity index (χ0) is 18.4. The molecule has 1 aliphatic carbocycles. The van der Waals surface area contributed by atoms with Gasteiger partial charge in [0, 0.05) is 25.1 Å². The Kier molecular flexibility index (Phi) is 6.62. The van der Waals surface area contributed by atoms with E-state index in [0.717, 1.165) is 16.6 Å². The maximum Gasteiger partial charge on any atom is 0.226 e. The molecule has 0 spiro atoms. The van der Waals surface area contributed by atoms with Crippen molar-refractivity contribution in [1.29, 1.82) is 0 Å². The number of nitrogens with zero attached hydrogens (tertiary/aromatic N) is 2. The highest BCUT2D eigenvalue weighted by Gasteiger charge is 2.21. The number of hydrogen-bond acceptors (Lipinski definition) is 6. The van der Waals surface area contributed by atoms with E-state index in [2.05, 4.69) is 39.9 Å². The van der Waals surface area contributed by atoms with Gasteiger partial charge in [-0.05, 0) is 36.8 Å². The molecule has 1 aromatic heterocycles. The first-order chi connectivity index (χ1) is 12.6. The van der Waals surface area contributed by atoms with Crippen molar-refractivity contribution >= 4 is 40.0 Å². The number of nitrogens with one attached hydrogen (secondary N) is 2. The molecule has 8 heteroatoms. The summed E-state index contributed by atoms with van der Waals surface area (Å²) in [7, 11) is 0. The summed E-state index contributed by atoms with van der Waals surface area (Å²) in [5.41, 5.74) is 2.51. The fourth-order valence-electron chi connectivity index (χ4n) is 2.31. The highest BCUT2D eigenvalue weighted by molar-refractivity contribution is 8.00. The average molecular weight is 391 g/mol. The average Bonchev–Trinajstić information content (AvgIpc) is 3.36. The second kappa shape index (κ2) is 9.14. The Hall–Kier alpha value is -1.93. The van der Waals surface area contributed by atoms with E-state index in [9.17, 15) is 9.59 Å². The summed E-state index contributed by atoms with van der Waals surface area (Å²) in [4.78, 5) is 23.6. The maximum atomic E-state index is 11.9. The lowest BCUT2D eigenvalue weighted by atomic mass is 10.1. The zero-order valence-corrected chi connectivity index (χ0v) is 16.3. The number of aromatic nitrogens is 2. The summed E-state index contributed by atoms with van der Waals surface area (Å²) in [6.07, 6.45) is 2.75. The summed E-state index contributed by atoms with van der Waals surface area (Å²) in [6, 6.07) is 8.23. The highest BCUT2D eigenvalue weighted by atomic mass is 32.2. The van der Waals surface area contributed by atoms with Crippen LogP contribution in [0.1, 0.15) is 36.8 Å². The Morgan fingerprint density at radius 2 is 1.96 bits per heavy atom. The minimum Gasteiger partial charge on any atom is -0.356 e. The Labute approximate surface area is 161 Å². The van der Waals surface area contributed by atoms with Crippen LogP contribution in [0.3, 0.4) is 0 Å². The van der Waals surface area contributed by atoms with Gasteiger partial charge in [-0.3, -0.25) is 9.59 Å². The Morgan fingerprint density at radius 1 is 1.19 bits per heavy atom. The van der Waals surface area contributed by atoms with E-state index < -0.39 is 0 Å². The number of aryl methyl sites for hydroxylation is 1. The van der Waals surface area contributed by atoms with Gasteiger partial charge in [0.2, 0.25) is 16.9 Å². The van der Waals surface area contributed by atoms with Gasteiger partial charge in [0.1, 0.15) is 0 Å². The Bertz CT molecular complexity index is 774. The number of rotatable bonds is 9. The van der Waals surface area contributed by atoms with Crippen LogP contribution in [-0.2, 0) is 15.3 Å². The van der Waals surface area contributed by atoms with Crippen molar-refractivity contribution in [3.05, 3.63) is 35.4 Å². The van der Waals surface area contributed by atoms with Gasteiger partial charge in [-0.15, -0.1) is 10.2 Å². The van der Waals surface area contributed by atoms with Crippen molar-refractivity contribution < 1.29 is 9.59 Å². The fraction of sp³-hybridized carbons (Fsp3) is 0.444. The molecule has 2 amide bonds. The monoisotopic (exact) mass is 390 g/mol. The van der Waals surface area contributed by atoms with E-state index in [-0.39, 0.29) is 24.7 Å². The summed E-state index contributed by atoms with van der Waals surface area (Å²) >= 11 is 2.95. The van der Waals surface area contributed by atoms with E-state index >= 15 is 0 Å². The molecule has 2 aromatic rings. The molecular formula is C18H22N4O2S2. The first-order valence-corrected chi connectivity index (χ1v) is 10.5. The second-order valence-corrected chi connectivity index (χ2v) is 8.58. The molecule has 138 valence electrons. The third kappa shape index (κ3) is 6.10. The van der Waals surface area contributed by atoms with E-state index in [0.29, 0.717) is 11.0 Å². The van der Waals surface area contributed by atoms with Gasteiger partial charge in [0.15, 0.2) is 4.34 Å². The van der Waals surface area contributed by atoms with Crippen LogP contribution in [-0.4, -0.2) is 28.6 Å². The molecule has 1 saturated carbocycles. The lowest BCUT2D eigenvalue weighted by Gasteiger charge is -2.03. The van der Waals surface area contributed by atoms with Gasteiger partial charge in [-0.2, -0.15) is 0 Å². The van der Waals surface area contributed by atoms with E-state index in [1.807, 2.05) is 12.1 Å². The quantitative estimate of drug-likeness (QED) is 0.506. The minimum absolute atomic E-state index is 0.0706. The molecule has 0 unspecified atom stereocenters. The number of hydrogen-bond donors (Lipinski definition) is 2. The molecule has 1 fully saturated rings. The van der Waals surface area contributed by atoms with E-state index in [4.69, 9.17) is 0 Å². The first kappa shape index (κ1) is 18.8. The molecule has 6 nitrogen and oxygen atoms in total. The first-order valence-electron chi connectivity index (χ1n) is 8.67. The van der Waals surface area contributed by atoms with Crippen LogP contribution in [0.15, 0.2) is 28.6 Å². The molecule has 0 atom stereocenters. The number of anilines is 1. The van der Waals surface area contributed by atoms with Crippen molar-refractivity contribution in [3.8, 4) is 0 Å². The van der Waals surface area contributed by atoms with Crippen molar-refractivity contribution in [3.63, 3.8) is 0 Å². The highest BCUT2D eigenvalue weighted by Crippen LogP contribution is 2.29. The standard InChI is InChI=1S/C18H22N4O2S2/c1-12-4-2-3-5-14(12)11-25-18-22-21-17(26-18)20-16(24)9-8-15(23)19-10-13-6-7-13/h2-5,13H,6-11H2,1H3,(H,19,23)(H,20,21,24). The molecule has 26 heavy (non-hydrogen) atoms. The SMILES string of the molecule is Cc1ccccc1CSc1nnc(NC(=O)CCC(=O)NCC2CC2)s1. The number of thioether (sulfide) groups is 1. The summed E-state index contributed by atoms with van der Waals surface area (Å²) in [5.74, 6) is 1.18. The molecular weight excluding hydrogens is 368 g/mol. The molecule has 0 bridgehead atoms. The van der Waals surface area contributed by atoms with Crippen molar-refractivity contribution in [2.24, 2.45) is 5.92 Å². The maximum absolute atomic E-state index is 11.9. The topological polar surface area (TPSA) is 84.0 Å². The van der Waals surface area contributed by atoms with Gasteiger partial charge < -0.3 is 10.6 Å². The van der Waals surface area contributed by atoms with E-state index in [1.54, 1.807) is 11.8 Å². The molecule has 3 rings (SSSR count). The molecule has 1 heterocycles. The lowest BCUT2D eigenvalue weighted by molar-refractivity contribution is -0.124. The van der Waals surface area contributed by atoms with Gasteiger partial charge in [-0.25, -0.2) is 0 Å². The fourth-order valence-corrected chi connectivity index (χ4v) is 4.15. The van der Waals surface area contributed by atoms with Crippen LogP contribution >= 0.6 is 23.1 Å². The predicted molar refractivity (Wildman–Crippen MR) is 104 cm³/mol. The molecule has 0 aliphatic heterocycles. The Morgan fingerprint density at radius 3 is 2.73 bits per heavy atom. The largest absolute Gasteiger partial charge is 0.356 e. The summed E-state index contributed by atoms with van der Waals surface area (Å²) < 4.78 is 0.811. The van der Waals surface area contributed by atoms with Gasteiger partial charge in [-0.1, -0.05) is 47.4 Å². The third-order valence-corrected chi connectivity index (χ3v) is 6.15. The second-order valence-electron chi connectivity index (χ2n) is 6.38. The van der Waals surface area contributed by atoms with Crippen LogP contribution in [0.4, 0.5) is 5.13 Å². The van der Waals surface area contributed by atoms with Crippen LogP contribution in [0.25, 0.3) is 0 Å². The van der Waals surface area contributed by atoms with Crippen LogP contribution in [0.5, 0.6) is 0 Å². The number of carbonyl (C=O) groups excluding carboxylic acids is 2. The van der Waals surface area contributed by atoms with Crippen molar-refractivity contribution in [2.75, 3.05) is 11.9 Å². The zero-order valence-electron chi connectivity index (χ0n) is 14.7. The predicted octanol–water partition coefficient (Wildman–Crippen LogP) is 3.38. The molecule has 0 radical (unpaired) electrons. The van der Waals surface area contributed by atoms with E-state index in [1.165, 1.54) is 35.3 Å². The van der Waals surface area contributed by atoms with Crippen LogP contribution in [0.2, 0.25) is 0 Å². The van der Waals surface area contributed by atoms with Crippen molar-refractivity contribution in [1.82, 2.24) is 15.5 Å². The number of carbonyl (C=O) groups is 2. The molecule has 1 aromatic carbocycles. The molecule has 1 aliphatic rings. The summed E-state index contributed by atoms with van der Waals surface area (Å²) in [6.45, 7) is 2.82. The van der Waals surface area contributed by atoms with Crippen LogP contribution in [0, 0.1) is 12.8 Å². The van der Waals surface area contributed by atoms with Crippen molar-refractivity contribution in [2.45, 2.75) is 42.7 Å². The molecule has 0 saturated heterocycles. The van der Waals surface area contributed by atoms with Crippen LogP contribution < -0.4 is 10.6 Å². The third-order valence-electron chi connectivity index (χ3n) is 4.13. The number of amides is 2. The van der Waals surface area contributed by atoms with Gasteiger partial charge in [0.05, 0.1) is 0 Å². The normalized spacial score (nSPS) is 13.4. The lowest BCUT2D eigenvalue weighted by Crippen LogP contribution is -2.26. The smallest absolute Gasteiger partial charge is 0.226 e. The number of benzene rings is 1. The summed E-state index contributed by atoms with van der Waals surface area (Å²) in [5, 5.41) is 14.2. The minimum atomic E-state index is -0.210. The van der Waals surface area contributed by atoms with Gasteiger partial charge in [0.25, 0.3) is 0 Å². The Balaban J connectivity index is 1.39. The molecule has 2 N–H and O–H groups in total.